The van der Waals surface area contributed by atoms with Gasteiger partial charge in [-0.05, 0) is 30.6 Å². The van der Waals surface area contributed by atoms with Gasteiger partial charge in [0.2, 0.25) is 0 Å². The molecule has 1 N–H and O–H groups in total. The van der Waals surface area contributed by atoms with Crippen LogP contribution < -0.4 is 16.6 Å². The number of rotatable bonds is 8. The molecule has 156 valence electrons. The number of aromatic nitrogens is 2. The molecule has 2 rings (SSSR count). The van der Waals surface area contributed by atoms with Gasteiger partial charge in [-0.15, -0.1) is 0 Å². The molecule has 0 radical (unpaired) electrons. The third-order valence-corrected chi connectivity index (χ3v) is 5.28. The number of amides is 1. The molecule has 0 bridgehead atoms. The van der Waals surface area contributed by atoms with Gasteiger partial charge in [-0.25, -0.2) is 9.59 Å². The average molecular weight is 440 g/mol. The minimum Gasteiger partial charge on any atom is -0.458 e. The largest absolute Gasteiger partial charge is 0.458 e. The van der Waals surface area contributed by atoms with Crippen molar-refractivity contribution in [1.29, 1.82) is 0 Å². The van der Waals surface area contributed by atoms with Crippen molar-refractivity contribution >= 4 is 35.2 Å². The van der Waals surface area contributed by atoms with Gasteiger partial charge in [-0.2, -0.15) is 11.8 Å². The summed E-state index contributed by atoms with van der Waals surface area (Å²) in [6, 6.07) is 6.86. The van der Waals surface area contributed by atoms with Crippen LogP contribution in [-0.4, -0.2) is 39.1 Å². The third kappa shape index (κ3) is 5.74. The van der Waals surface area contributed by atoms with Crippen LogP contribution in [0.2, 0.25) is 5.02 Å². The molecule has 1 atom stereocenters. The van der Waals surface area contributed by atoms with E-state index >= 15 is 0 Å². The van der Waals surface area contributed by atoms with Crippen molar-refractivity contribution in [3.05, 3.63) is 67.4 Å². The first-order valence-corrected chi connectivity index (χ1v) is 10.5. The van der Waals surface area contributed by atoms with Gasteiger partial charge >= 0.3 is 11.7 Å². The molecule has 1 unspecified atom stereocenters. The topological polar surface area (TPSA) is 99.4 Å². The number of nitrogens with one attached hydrogen (secondary N) is 1. The predicted octanol–water partition coefficient (Wildman–Crippen LogP) is 1.33. The number of hydrogen-bond donors (Lipinski definition) is 1. The van der Waals surface area contributed by atoms with Gasteiger partial charge in [0.25, 0.3) is 11.5 Å². The number of carbonyl (C=O) groups excluding carboxylic acids is 2. The molecule has 2 aromatic rings. The first kappa shape index (κ1) is 22.8. The zero-order chi connectivity index (χ0) is 21.6. The lowest BCUT2D eigenvalue weighted by atomic mass is 10.1. The Morgan fingerprint density at radius 1 is 1.21 bits per heavy atom. The van der Waals surface area contributed by atoms with Crippen LogP contribution in [0.25, 0.3) is 0 Å². The van der Waals surface area contributed by atoms with Crippen LogP contribution in [0.1, 0.15) is 22.5 Å². The van der Waals surface area contributed by atoms with Gasteiger partial charge in [0, 0.05) is 20.2 Å². The summed E-state index contributed by atoms with van der Waals surface area (Å²) in [6.07, 6.45) is 2.24. The van der Waals surface area contributed by atoms with E-state index in [1.807, 2.05) is 6.26 Å². The maximum atomic E-state index is 12.6. The maximum absolute atomic E-state index is 12.6. The van der Waals surface area contributed by atoms with Crippen molar-refractivity contribution in [2.45, 2.75) is 19.1 Å². The standard InChI is InChI=1S/C19H22ClN3O5S/c1-22-12(10-16(24)23(2)19(22)27)11-28-18(26)15(8-9-29-3)21-17(25)13-6-4-5-7-14(13)20/h4-7,10,15H,8-9,11H2,1-3H3,(H,21,25). The van der Waals surface area contributed by atoms with Crippen LogP contribution in [0.5, 0.6) is 0 Å². The Morgan fingerprint density at radius 3 is 2.55 bits per heavy atom. The molecule has 0 saturated carbocycles. The molecule has 0 aliphatic rings. The molecule has 0 fully saturated rings. The van der Waals surface area contributed by atoms with Crippen molar-refractivity contribution in [2.24, 2.45) is 14.1 Å². The summed E-state index contributed by atoms with van der Waals surface area (Å²) in [7, 11) is 2.85. The number of nitrogens with zero attached hydrogens (tertiary/aromatic N) is 2. The SMILES string of the molecule is CSCCC(NC(=O)c1ccccc1Cl)C(=O)OCc1cc(=O)n(C)c(=O)n1C. The number of halogens is 1. The molecule has 0 aliphatic carbocycles. The number of ether oxygens (including phenoxy) is 1. The van der Waals surface area contributed by atoms with Crippen LogP contribution in [0.15, 0.2) is 39.9 Å². The first-order chi connectivity index (χ1) is 13.8. The lowest BCUT2D eigenvalue weighted by Gasteiger charge is -2.18. The van der Waals surface area contributed by atoms with E-state index in [1.165, 1.54) is 36.5 Å². The molecular weight excluding hydrogens is 418 g/mol. The quantitative estimate of drug-likeness (QED) is 0.623. The Hall–Kier alpha value is -2.52. The average Bonchev–Trinajstić information content (AvgIpc) is 2.71. The summed E-state index contributed by atoms with van der Waals surface area (Å²) < 4.78 is 7.47. The Morgan fingerprint density at radius 2 is 1.90 bits per heavy atom. The second-order valence-electron chi connectivity index (χ2n) is 6.27. The highest BCUT2D eigenvalue weighted by Crippen LogP contribution is 2.15. The van der Waals surface area contributed by atoms with Crippen LogP contribution >= 0.6 is 23.4 Å². The molecule has 0 aliphatic heterocycles. The lowest BCUT2D eigenvalue weighted by Crippen LogP contribution is -2.43. The molecule has 0 spiro atoms. The van der Waals surface area contributed by atoms with Crippen molar-refractivity contribution in [3.8, 4) is 0 Å². The number of esters is 1. The van der Waals surface area contributed by atoms with E-state index in [-0.39, 0.29) is 22.9 Å². The molecule has 10 heteroatoms. The van der Waals surface area contributed by atoms with E-state index in [0.717, 1.165) is 4.57 Å². The Labute approximate surface area is 176 Å². The summed E-state index contributed by atoms with van der Waals surface area (Å²) >= 11 is 7.56. The van der Waals surface area contributed by atoms with E-state index in [4.69, 9.17) is 16.3 Å². The van der Waals surface area contributed by atoms with Crippen LogP contribution in [-0.2, 0) is 30.2 Å². The van der Waals surface area contributed by atoms with E-state index in [0.29, 0.717) is 12.2 Å². The number of hydrogen-bond acceptors (Lipinski definition) is 6. The molecule has 0 saturated heterocycles. The lowest BCUT2D eigenvalue weighted by molar-refractivity contribution is -0.147. The first-order valence-electron chi connectivity index (χ1n) is 8.73. The second kappa shape index (κ2) is 10.3. The summed E-state index contributed by atoms with van der Waals surface area (Å²) in [5.41, 5.74) is -0.503. The van der Waals surface area contributed by atoms with Crippen molar-refractivity contribution in [1.82, 2.24) is 14.5 Å². The van der Waals surface area contributed by atoms with Crippen molar-refractivity contribution in [2.75, 3.05) is 12.0 Å². The van der Waals surface area contributed by atoms with Gasteiger partial charge < -0.3 is 10.1 Å². The number of carbonyl (C=O) groups is 2. The van der Waals surface area contributed by atoms with Crippen molar-refractivity contribution in [3.63, 3.8) is 0 Å². The van der Waals surface area contributed by atoms with Gasteiger partial charge in [0.15, 0.2) is 0 Å². The summed E-state index contributed by atoms with van der Waals surface area (Å²) in [5.74, 6) is -0.528. The summed E-state index contributed by atoms with van der Waals surface area (Å²) in [4.78, 5) is 48.9. The predicted molar refractivity (Wildman–Crippen MR) is 112 cm³/mol. The van der Waals surface area contributed by atoms with Crippen LogP contribution in [0.4, 0.5) is 0 Å². The molecule has 1 aromatic carbocycles. The maximum Gasteiger partial charge on any atom is 0.330 e. The Bertz CT molecular complexity index is 1020. The molecule has 1 heterocycles. The van der Waals surface area contributed by atoms with Crippen molar-refractivity contribution < 1.29 is 14.3 Å². The summed E-state index contributed by atoms with van der Waals surface area (Å²) in [6.45, 7) is -0.265. The zero-order valence-electron chi connectivity index (χ0n) is 16.3. The fraction of sp³-hybridized carbons (Fsp3) is 0.368. The highest BCUT2D eigenvalue weighted by atomic mass is 35.5. The van der Waals surface area contributed by atoms with Gasteiger partial charge in [0.1, 0.15) is 12.6 Å². The highest BCUT2D eigenvalue weighted by Gasteiger charge is 2.24. The van der Waals surface area contributed by atoms with Gasteiger partial charge in [-0.3, -0.25) is 18.7 Å². The minimum atomic E-state index is -0.894. The van der Waals surface area contributed by atoms with E-state index < -0.39 is 29.2 Å². The van der Waals surface area contributed by atoms with Gasteiger partial charge in [-0.1, -0.05) is 23.7 Å². The summed E-state index contributed by atoms with van der Waals surface area (Å²) in [5, 5.41) is 2.92. The third-order valence-electron chi connectivity index (χ3n) is 4.31. The van der Waals surface area contributed by atoms with E-state index in [1.54, 1.807) is 24.3 Å². The molecule has 1 aromatic heterocycles. The molecule has 8 nitrogen and oxygen atoms in total. The number of thioether (sulfide) groups is 1. The van der Waals surface area contributed by atoms with Crippen LogP contribution in [0, 0.1) is 0 Å². The highest BCUT2D eigenvalue weighted by molar-refractivity contribution is 7.98. The minimum absolute atomic E-state index is 0.255. The van der Waals surface area contributed by atoms with Gasteiger partial charge in [0.05, 0.1) is 16.3 Å². The fourth-order valence-corrected chi connectivity index (χ4v) is 3.22. The van der Waals surface area contributed by atoms with E-state index in [2.05, 4.69) is 5.32 Å². The van der Waals surface area contributed by atoms with Crippen LogP contribution in [0.3, 0.4) is 0 Å². The second-order valence-corrected chi connectivity index (χ2v) is 7.66. The molecule has 1 amide bonds. The molecular formula is C19H22ClN3O5S. The number of benzene rings is 1. The Kier molecular flexibility index (Phi) is 8.10. The zero-order valence-corrected chi connectivity index (χ0v) is 17.9. The normalized spacial score (nSPS) is 11.7. The Balaban J connectivity index is 2.13. The molecule has 29 heavy (non-hydrogen) atoms. The smallest absolute Gasteiger partial charge is 0.330 e. The fourth-order valence-electron chi connectivity index (χ4n) is 2.53. The monoisotopic (exact) mass is 439 g/mol. The van der Waals surface area contributed by atoms with E-state index in [9.17, 15) is 19.2 Å².